The molecule has 0 aliphatic rings. The minimum absolute atomic E-state index is 0.00489. The zero-order valence-corrected chi connectivity index (χ0v) is 18.4. The van der Waals surface area contributed by atoms with Gasteiger partial charge in [-0.15, -0.1) is 0 Å². The maximum atomic E-state index is 13.0. The molecule has 0 aliphatic carbocycles. The topological polar surface area (TPSA) is 160 Å². The number of hydrogen-bond donors (Lipinski definition) is 2. The number of nitriles is 1. The van der Waals surface area contributed by atoms with Crippen LogP contribution in [-0.4, -0.2) is 36.4 Å². The van der Waals surface area contributed by atoms with Crippen molar-refractivity contribution >= 4 is 27.4 Å². The average Bonchev–Trinajstić information content (AvgIpc) is 3.35. The largest absolute Gasteiger partial charge is 0.480 e. The van der Waals surface area contributed by atoms with Crippen molar-refractivity contribution in [3.8, 4) is 23.4 Å². The van der Waals surface area contributed by atoms with E-state index in [0.29, 0.717) is 5.56 Å². The Balaban J connectivity index is 1.58. The molecule has 0 saturated carbocycles. The van der Waals surface area contributed by atoms with Gasteiger partial charge in [-0.25, -0.2) is 23.4 Å². The first-order valence-corrected chi connectivity index (χ1v) is 11.1. The van der Waals surface area contributed by atoms with Gasteiger partial charge in [0, 0.05) is 5.56 Å². The summed E-state index contributed by atoms with van der Waals surface area (Å²) in [5.74, 6) is -0.628. The third-order valence-electron chi connectivity index (χ3n) is 4.42. The first kappa shape index (κ1) is 22.4. The summed E-state index contributed by atoms with van der Waals surface area (Å²) in [6.45, 7) is 0. The maximum absolute atomic E-state index is 13.0. The SMILES string of the molecule is COc1ncc(NC(=O)c2coc(-c3ccccc3)n2)cc1S(=O)(=O)Nc1cccc(C#N)n1. The summed E-state index contributed by atoms with van der Waals surface area (Å²) in [5, 5.41) is 11.5. The number of sulfonamides is 1. The third kappa shape index (κ3) is 4.84. The summed E-state index contributed by atoms with van der Waals surface area (Å²) in [7, 11) is -2.97. The number of aromatic nitrogens is 3. The number of pyridine rings is 2. The van der Waals surface area contributed by atoms with Crippen molar-refractivity contribution in [2.24, 2.45) is 0 Å². The number of nitrogens with one attached hydrogen (secondary N) is 2. The Labute approximate surface area is 194 Å². The molecular weight excluding hydrogens is 460 g/mol. The molecule has 0 spiro atoms. The molecule has 0 unspecified atom stereocenters. The highest BCUT2D eigenvalue weighted by Gasteiger charge is 2.23. The fourth-order valence-electron chi connectivity index (χ4n) is 2.88. The van der Waals surface area contributed by atoms with Crippen molar-refractivity contribution in [1.29, 1.82) is 5.26 Å². The number of carbonyl (C=O) groups excluding carboxylic acids is 1. The number of nitrogens with zero attached hydrogens (tertiary/aromatic N) is 4. The Morgan fingerprint density at radius 1 is 1.12 bits per heavy atom. The Morgan fingerprint density at radius 2 is 1.91 bits per heavy atom. The van der Waals surface area contributed by atoms with Gasteiger partial charge in [-0.2, -0.15) is 5.26 Å². The van der Waals surface area contributed by atoms with E-state index in [2.05, 4.69) is 25.0 Å². The molecule has 0 bridgehead atoms. The number of rotatable bonds is 7. The van der Waals surface area contributed by atoms with Gasteiger partial charge in [-0.3, -0.25) is 9.52 Å². The number of carbonyl (C=O) groups is 1. The quantitative estimate of drug-likeness (QED) is 0.408. The molecule has 0 fully saturated rings. The molecule has 34 heavy (non-hydrogen) atoms. The van der Waals surface area contributed by atoms with Crippen LogP contribution in [0.3, 0.4) is 0 Å². The van der Waals surface area contributed by atoms with Crippen LogP contribution in [0, 0.1) is 11.3 Å². The molecule has 1 amide bonds. The first-order valence-electron chi connectivity index (χ1n) is 9.66. The van der Waals surface area contributed by atoms with Crippen LogP contribution in [0.1, 0.15) is 16.2 Å². The summed E-state index contributed by atoms with van der Waals surface area (Å²) < 4.78 is 38.6. The molecule has 11 nitrogen and oxygen atoms in total. The summed E-state index contributed by atoms with van der Waals surface area (Å²) in [6.07, 6.45) is 2.43. The summed E-state index contributed by atoms with van der Waals surface area (Å²) >= 11 is 0. The molecule has 3 aromatic heterocycles. The lowest BCUT2D eigenvalue weighted by atomic mass is 10.2. The summed E-state index contributed by atoms with van der Waals surface area (Å²) in [5.41, 5.74) is 0.805. The second kappa shape index (κ2) is 9.39. The molecule has 0 radical (unpaired) electrons. The third-order valence-corrected chi connectivity index (χ3v) is 5.77. The monoisotopic (exact) mass is 476 g/mol. The van der Waals surface area contributed by atoms with Crippen molar-refractivity contribution in [3.63, 3.8) is 0 Å². The van der Waals surface area contributed by atoms with Crippen LogP contribution in [0.2, 0.25) is 0 Å². The zero-order chi connectivity index (χ0) is 24.1. The second-order valence-electron chi connectivity index (χ2n) is 6.71. The molecule has 0 aliphatic heterocycles. The van der Waals surface area contributed by atoms with E-state index in [9.17, 15) is 13.2 Å². The molecule has 2 N–H and O–H groups in total. The lowest BCUT2D eigenvalue weighted by Gasteiger charge is -2.12. The number of methoxy groups -OCH3 is 1. The van der Waals surface area contributed by atoms with Crippen molar-refractivity contribution in [3.05, 3.63) is 78.4 Å². The Hall–Kier alpha value is -4.76. The molecular formula is C22H16N6O5S. The molecule has 0 saturated heterocycles. The summed E-state index contributed by atoms with van der Waals surface area (Å²) in [4.78, 5) is 24.3. The van der Waals surface area contributed by atoms with Gasteiger partial charge in [-0.1, -0.05) is 24.3 Å². The predicted octanol–water partition coefficient (Wildman–Crippen LogP) is 3.06. The van der Waals surface area contributed by atoms with E-state index in [1.54, 1.807) is 12.1 Å². The van der Waals surface area contributed by atoms with Crippen LogP contribution in [0.15, 0.2) is 76.4 Å². The molecule has 12 heteroatoms. The first-order chi connectivity index (χ1) is 16.4. The number of ether oxygens (including phenoxy) is 1. The number of oxazole rings is 1. The van der Waals surface area contributed by atoms with Crippen LogP contribution in [0.4, 0.5) is 11.5 Å². The van der Waals surface area contributed by atoms with Gasteiger partial charge < -0.3 is 14.5 Å². The van der Waals surface area contributed by atoms with E-state index in [4.69, 9.17) is 14.4 Å². The van der Waals surface area contributed by atoms with Gasteiger partial charge in [0.15, 0.2) is 10.6 Å². The molecule has 0 atom stereocenters. The average molecular weight is 476 g/mol. The predicted molar refractivity (Wildman–Crippen MR) is 120 cm³/mol. The van der Waals surface area contributed by atoms with E-state index < -0.39 is 15.9 Å². The van der Waals surface area contributed by atoms with E-state index in [-0.39, 0.29) is 39.6 Å². The fourth-order valence-corrected chi connectivity index (χ4v) is 4.03. The lowest BCUT2D eigenvalue weighted by molar-refractivity contribution is 0.102. The van der Waals surface area contributed by atoms with Crippen molar-refractivity contribution in [2.75, 3.05) is 17.1 Å². The second-order valence-corrected chi connectivity index (χ2v) is 8.37. The number of benzene rings is 1. The highest BCUT2D eigenvalue weighted by molar-refractivity contribution is 7.92. The Morgan fingerprint density at radius 3 is 2.65 bits per heavy atom. The zero-order valence-electron chi connectivity index (χ0n) is 17.6. The Bertz CT molecular complexity index is 1500. The van der Waals surface area contributed by atoms with E-state index in [1.165, 1.54) is 43.8 Å². The van der Waals surface area contributed by atoms with Gasteiger partial charge in [0.25, 0.3) is 15.9 Å². The van der Waals surface area contributed by atoms with Crippen LogP contribution in [-0.2, 0) is 10.0 Å². The van der Waals surface area contributed by atoms with Crippen molar-refractivity contribution < 1.29 is 22.4 Å². The standard InChI is InChI=1S/C22H16N6O5S/c1-32-22-18(34(30,31)28-19-9-5-8-15(11-23)25-19)10-16(12-24-22)26-20(29)17-13-33-21(27-17)14-6-3-2-4-7-14/h2-10,12-13H,1H3,(H,25,28)(H,26,29). The van der Waals surface area contributed by atoms with Gasteiger partial charge in [0.05, 0.1) is 19.0 Å². The van der Waals surface area contributed by atoms with Gasteiger partial charge in [0.2, 0.25) is 11.8 Å². The van der Waals surface area contributed by atoms with Gasteiger partial charge in [0.1, 0.15) is 23.8 Å². The molecule has 4 aromatic rings. The highest BCUT2D eigenvalue weighted by Crippen LogP contribution is 2.27. The van der Waals surface area contributed by atoms with Crippen molar-refractivity contribution in [1.82, 2.24) is 15.0 Å². The highest BCUT2D eigenvalue weighted by atomic mass is 32.2. The number of amides is 1. The minimum atomic E-state index is -4.23. The minimum Gasteiger partial charge on any atom is -0.480 e. The fraction of sp³-hybridized carbons (Fsp3) is 0.0455. The molecule has 4 rings (SSSR count). The smallest absolute Gasteiger partial charge is 0.277 e. The number of anilines is 2. The lowest BCUT2D eigenvalue weighted by Crippen LogP contribution is -2.17. The maximum Gasteiger partial charge on any atom is 0.277 e. The van der Waals surface area contributed by atoms with E-state index in [0.717, 1.165) is 0 Å². The van der Waals surface area contributed by atoms with Crippen LogP contribution < -0.4 is 14.8 Å². The van der Waals surface area contributed by atoms with Gasteiger partial charge >= 0.3 is 0 Å². The van der Waals surface area contributed by atoms with Crippen LogP contribution >= 0.6 is 0 Å². The normalized spacial score (nSPS) is 10.8. The van der Waals surface area contributed by atoms with Gasteiger partial charge in [-0.05, 0) is 30.3 Å². The molecule has 170 valence electrons. The summed E-state index contributed by atoms with van der Waals surface area (Å²) in [6, 6.07) is 16.3. The molecule has 1 aromatic carbocycles. The molecule has 3 heterocycles. The van der Waals surface area contributed by atoms with Crippen LogP contribution in [0.5, 0.6) is 5.88 Å². The Kier molecular flexibility index (Phi) is 6.20. The van der Waals surface area contributed by atoms with E-state index in [1.807, 2.05) is 24.3 Å². The van der Waals surface area contributed by atoms with E-state index >= 15 is 0 Å². The number of hydrogen-bond acceptors (Lipinski definition) is 9. The van der Waals surface area contributed by atoms with Crippen molar-refractivity contribution in [2.45, 2.75) is 4.90 Å². The van der Waals surface area contributed by atoms with Crippen LogP contribution in [0.25, 0.3) is 11.5 Å².